The van der Waals surface area contributed by atoms with E-state index in [4.69, 9.17) is 9.47 Å². The zero-order valence-electron chi connectivity index (χ0n) is 18.1. The van der Waals surface area contributed by atoms with E-state index < -0.39 is 5.91 Å². The Morgan fingerprint density at radius 2 is 1.67 bits per heavy atom. The molecule has 5 rings (SSSR count). The van der Waals surface area contributed by atoms with Crippen molar-refractivity contribution in [2.75, 3.05) is 13.7 Å². The molecule has 3 amide bonds. The molecule has 4 saturated carbocycles. The molecule has 30 heavy (non-hydrogen) atoms. The van der Waals surface area contributed by atoms with Crippen LogP contribution < -0.4 is 25.6 Å². The van der Waals surface area contributed by atoms with Crippen LogP contribution in [0.3, 0.4) is 0 Å². The Morgan fingerprint density at radius 3 is 2.23 bits per heavy atom. The molecule has 1 aromatic carbocycles. The molecule has 0 saturated heterocycles. The second kappa shape index (κ2) is 8.36. The highest BCUT2D eigenvalue weighted by molar-refractivity contribution is 5.95. The molecule has 3 N–H and O–H groups in total. The van der Waals surface area contributed by atoms with Crippen LogP contribution in [0.5, 0.6) is 11.5 Å². The normalized spacial score (nSPS) is 28.9. The number of ether oxygens (including phenoxy) is 2. The first-order valence-corrected chi connectivity index (χ1v) is 11.0. The standard InChI is InChI=1S/C23H33N3O4/c1-14(2)30-19-5-4-18(9-20(19)29-3)21(27)25-26-22(28)24-13-23-10-15-6-16(11-23)8-17(7-15)12-23/h4-5,9,14-17H,6-8,10-13H2,1-3H3,(H,25,27)(H2,24,26,28). The van der Waals surface area contributed by atoms with Crippen molar-refractivity contribution in [2.24, 2.45) is 23.2 Å². The fraction of sp³-hybridized carbons (Fsp3) is 0.652. The van der Waals surface area contributed by atoms with Crippen molar-refractivity contribution in [3.8, 4) is 11.5 Å². The van der Waals surface area contributed by atoms with Crippen molar-refractivity contribution in [1.29, 1.82) is 0 Å². The summed E-state index contributed by atoms with van der Waals surface area (Å²) in [6.07, 6.45) is 7.84. The predicted octanol–water partition coefficient (Wildman–Crippen LogP) is 3.64. The van der Waals surface area contributed by atoms with Gasteiger partial charge in [0.2, 0.25) is 0 Å². The molecule has 7 nitrogen and oxygen atoms in total. The van der Waals surface area contributed by atoms with Crippen LogP contribution in [0, 0.1) is 23.2 Å². The van der Waals surface area contributed by atoms with Gasteiger partial charge in [-0.05, 0) is 93.7 Å². The molecule has 0 heterocycles. The smallest absolute Gasteiger partial charge is 0.333 e. The van der Waals surface area contributed by atoms with Gasteiger partial charge in [0.05, 0.1) is 13.2 Å². The summed E-state index contributed by atoms with van der Waals surface area (Å²) < 4.78 is 11.0. The third kappa shape index (κ3) is 4.50. The van der Waals surface area contributed by atoms with Gasteiger partial charge >= 0.3 is 6.03 Å². The number of hydrazine groups is 1. The van der Waals surface area contributed by atoms with E-state index in [9.17, 15) is 9.59 Å². The van der Waals surface area contributed by atoms with Gasteiger partial charge in [-0.25, -0.2) is 10.2 Å². The summed E-state index contributed by atoms with van der Waals surface area (Å²) in [5.74, 6) is 3.18. The number of carbonyl (C=O) groups excluding carboxylic acids is 2. The third-order valence-corrected chi connectivity index (χ3v) is 6.87. The van der Waals surface area contributed by atoms with Gasteiger partial charge in [-0.3, -0.25) is 10.2 Å². The molecule has 0 atom stereocenters. The molecule has 0 radical (unpaired) electrons. The molecule has 4 fully saturated rings. The summed E-state index contributed by atoms with van der Waals surface area (Å²) in [6.45, 7) is 4.53. The van der Waals surface area contributed by atoms with Crippen LogP contribution in [-0.4, -0.2) is 31.7 Å². The van der Waals surface area contributed by atoms with Gasteiger partial charge in [-0.15, -0.1) is 0 Å². The summed E-state index contributed by atoms with van der Waals surface area (Å²) in [4.78, 5) is 24.7. The lowest BCUT2D eigenvalue weighted by molar-refractivity contribution is -0.0498. The number of hydrogen-bond acceptors (Lipinski definition) is 4. The van der Waals surface area contributed by atoms with E-state index in [1.807, 2.05) is 13.8 Å². The Labute approximate surface area is 178 Å². The van der Waals surface area contributed by atoms with Crippen LogP contribution in [0.25, 0.3) is 0 Å². The van der Waals surface area contributed by atoms with Crippen LogP contribution in [0.4, 0.5) is 4.79 Å². The third-order valence-electron chi connectivity index (χ3n) is 6.87. The van der Waals surface area contributed by atoms with E-state index in [-0.39, 0.29) is 17.6 Å². The number of methoxy groups -OCH3 is 1. The Hall–Kier alpha value is -2.44. The van der Waals surface area contributed by atoms with Crippen molar-refractivity contribution in [3.63, 3.8) is 0 Å². The number of urea groups is 1. The van der Waals surface area contributed by atoms with Crippen molar-refractivity contribution in [1.82, 2.24) is 16.2 Å². The van der Waals surface area contributed by atoms with Gasteiger partial charge in [0.15, 0.2) is 11.5 Å². The molecule has 164 valence electrons. The topological polar surface area (TPSA) is 88.7 Å². The van der Waals surface area contributed by atoms with Crippen LogP contribution in [0.1, 0.15) is 62.7 Å². The minimum atomic E-state index is -0.408. The number of amides is 3. The average Bonchev–Trinajstić information content (AvgIpc) is 2.69. The van der Waals surface area contributed by atoms with Crippen LogP contribution in [0.15, 0.2) is 18.2 Å². The first-order valence-electron chi connectivity index (χ1n) is 11.0. The van der Waals surface area contributed by atoms with Crippen molar-refractivity contribution in [2.45, 2.75) is 58.5 Å². The van der Waals surface area contributed by atoms with Gasteiger partial charge in [0.1, 0.15) is 0 Å². The van der Waals surface area contributed by atoms with Gasteiger partial charge in [0, 0.05) is 12.1 Å². The highest BCUT2D eigenvalue weighted by atomic mass is 16.5. The Balaban J connectivity index is 1.27. The second-order valence-electron chi connectivity index (χ2n) is 9.71. The lowest BCUT2D eigenvalue weighted by atomic mass is 9.49. The monoisotopic (exact) mass is 415 g/mol. The van der Waals surface area contributed by atoms with Crippen molar-refractivity contribution >= 4 is 11.9 Å². The Morgan fingerprint density at radius 1 is 1.03 bits per heavy atom. The number of carbonyl (C=O) groups is 2. The summed E-state index contributed by atoms with van der Waals surface area (Å²) in [6, 6.07) is 4.57. The van der Waals surface area contributed by atoms with Crippen LogP contribution in [0.2, 0.25) is 0 Å². The maximum atomic E-state index is 12.4. The summed E-state index contributed by atoms with van der Waals surface area (Å²) in [5.41, 5.74) is 5.59. The molecular formula is C23H33N3O4. The zero-order valence-corrected chi connectivity index (χ0v) is 18.1. The quantitative estimate of drug-likeness (QED) is 0.619. The summed E-state index contributed by atoms with van der Waals surface area (Å²) in [5, 5.41) is 2.99. The Kier molecular flexibility index (Phi) is 5.80. The fourth-order valence-electron chi connectivity index (χ4n) is 6.16. The molecule has 4 bridgehead atoms. The first-order chi connectivity index (χ1) is 14.4. The molecule has 0 spiro atoms. The maximum Gasteiger partial charge on any atom is 0.333 e. The molecule has 1 aromatic rings. The van der Waals surface area contributed by atoms with Crippen LogP contribution in [-0.2, 0) is 0 Å². The SMILES string of the molecule is COc1cc(C(=O)NNC(=O)NCC23CC4CC(CC(C4)C2)C3)ccc1OC(C)C. The maximum absolute atomic E-state index is 12.4. The molecule has 4 aliphatic carbocycles. The number of hydrogen-bond donors (Lipinski definition) is 3. The molecule has 7 heteroatoms. The molecule has 4 aliphatic rings. The van der Waals surface area contributed by atoms with Crippen molar-refractivity contribution in [3.05, 3.63) is 23.8 Å². The average molecular weight is 416 g/mol. The predicted molar refractivity (Wildman–Crippen MR) is 113 cm³/mol. The second-order valence-corrected chi connectivity index (χ2v) is 9.71. The molecule has 0 aromatic heterocycles. The van der Waals surface area contributed by atoms with Gasteiger partial charge < -0.3 is 14.8 Å². The van der Waals surface area contributed by atoms with E-state index in [0.717, 1.165) is 17.8 Å². The fourth-order valence-corrected chi connectivity index (χ4v) is 6.16. The van der Waals surface area contributed by atoms with Crippen molar-refractivity contribution < 1.29 is 19.1 Å². The molecule has 0 aliphatic heterocycles. The van der Waals surface area contributed by atoms with E-state index in [2.05, 4.69) is 16.2 Å². The largest absolute Gasteiger partial charge is 0.493 e. The number of nitrogens with one attached hydrogen (secondary N) is 3. The summed E-state index contributed by atoms with van der Waals surface area (Å²) >= 11 is 0. The zero-order chi connectivity index (χ0) is 21.3. The molecular weight excluding hydrogens is 382 g/mol. The van der Waals surface area contributed by atoms with Gasteiger partial charge in [0.25, 0.3) is 5.91 Å². The highest BCUT2D eigenvalue weighted by Gasteiger charge is 2.50. The summed E-state index contributed by atoms with van der Waals surface area (Å²) in [7, 11) is 1.53. The lowest BCUT2D eigenvalue weighted by Crippen LogP contribution is -2.54. The van der Waals surface area contributed by atoms with Gasteiger partial charge in [-0.2, -0.15) is 0 Å². The lowest BCUT2D eigenvalue weighted by Gasteiger charge is -2.56. The minimum Gasteiger partial charge on any atom is -0.493 e. The Bertz CT molecular complexity index is 772. The number of rotatable bonds is 6. The minimum absolute atomic E-state index is 0.00193. The highest BCUT2D eigenvalue weighted by Crippen LogP contribution is 2.59. The molecule has 0 unspecified atom stereocenters. The van der Waals surface area contributed by atoms with Crippen LogP contribution >= 0.6 is 0 Å². The van der Waals surface area contributed by atoms with E-state index >= 15 is 0 Å². The van der Waals surface area contributed by atoms with E-state index in [0.29, 0.717) is 23.6 Å². The van der Waals surface area contributed by atoms with Gasteiger partial charge in [-0.1, -0.05) is 0 Å². The van der Waals surface area contributed by atoms with E-state index in [1.54, 1.807) is 18.2 Å². The first kappa shape index (κ1) is 20.8. The van der Waals surface area contributed by atoms with E-state index in [1.165, 1.54) is 45.6 Å². The number of benzene rings is 1.